The number of aryl methyl sites for hydroxylation is 1. The Morgan fingerprint density at radius 1 is 0.861 bits per heavy atom. The fourth-order valence-corrected chi connectivity index (χ4v) is 5.18. The predicted octanol–water partition coefficient (Wildman–Crippen LogP) is 5.52. The first-order valence-corrected chi connectivity index (χ1v) is 12.5. The van der Waals surface area contributed by atoms with Crippen molar-refractivity contribution in [2.75, 3.05) is 31.1 Å². The van der Waals surface area contributed by atoms with Gasteiger partial charge in [-0.15, -0.1) is 0 Å². The van der Waals surface area contributed by atoms with E-state index >= 15 is 0 Å². The van der Waals surface area contributed by atoms with Gasteiger partial charge in [0.1, 0.15) is 5.82 Å². The van der Waals surface area contributed by atoms with Gasteiger partial charge in [-0.2, -0.15) is 0 Å². The van der Waals surface area contributed by atoms with Gasteiger partial charge in [0, 0.05) is 49.2 Å². The number of H-pyrrole nitrogens is 2. The van der Waals surface area contributed by atoms with Crippen molar-refractivity contribution in [3.05, 3.63) is 84.2 Å². The van der Waals surface area contributed by atoms with Crippen molar-refractivity contribution in [2.24, 2.45) is 0 Å². The molecule has 0 unspecified atom stereocenters. The van der Waals surface area contributed by atoms with Gasteiger partial charge in [-0.25, -0.2) is 9.37 Å². The van der Waals surface area contributed by atoms with Gasteiger partial charge < -0.3 is 19.8 Å². The van der Waals surface area contributed by atoms with Crippen LogP contribution in [-0.4, -0.2) is 51.9 Å². The number of halogens is 1. The molecule has 1 aliphatic rings. The number of hydrogen-bond donors (Lipinski definition) is 2. The monoisotopic (exact) mass is 481 g/mol. The van der Waals surface area contributed by atoms with E-state index in [-0.39, 0.29) is 11.7 Å². The lowest BCUT2D eigenvalue weighted by atomic mass is 10.0. The van der Waals surface area contributed by atoms with E-state index in [1.165, 1.54) is 12.1 Å². The van der Waals surface area contributed by atoms with Crippen LogP contribution in [0.15, 0.2) is 72.8 Å². The molecule has 0 radical (unpaired) electrons. The Hall–Kier alpha value is -4.13. The number of benzene rings is 3. The molecule has 36 heavy (non-hydrogen) atoms. The summed E-state index contributed by atoms with van der Waals surface area (Å²) < 4.78 is 13.5. The Balaban J connectivity index is 1.16. The van der Waals surface area contributed by atoms with Crippen LogP contribution in [0, 0.1) is 5.82 Å². The molecule has 0 atom stereocenters. The number of amides is 1. The molecule has 1 fully saturated rings. The first-order chi connectivity index (χ1) is 17.7. The number of para-hydroxylation sites is 3. The second-order valence-electron chi connectivity index (χ2n) is 9.33. The number of imidazole rings is 1. The Labute approximate surface area is 208 Å². The van der Waals surface area contributed by atoms with Crippen molar-refractivity contribution in [2.45, 2.75) is 19.3 Å². The topological polar surface area (TPSA) is 68.0 Å². The Bertz CT molecular complexity index is 1490. The van der Waals surface area contributed by atoms with Crippen LogP contribution in [0.2, 0.25) is 0 Å². The fraction of sp³-hybridized carbons (Fsp3) is 0.241. The molecule has 0 bridgehead atoms. The third-order valence-corrected chi connectivity index (χ3v) is 7.06. The van der Waals surface area contributed by atoms with E-state index in [1.54, 1.807) is 12.1 Å². The second-order valence-corrected chi connectivity index (χ2v) is 9.33. The van der Waals surface area contributed by atoms with Crippen LogP contribution in [0.1, 0.15) is 18.4 Å². The van der Waals surface area contributed by atoms with Gasteiger partial charge in [-0.05, 0) is 66.4 Å². The van der Waals surface area contributed by atoms with Crippen molar-refractivity contribution in [1.29, 1.82) is 0 Å². The number of anilines is 1. The molecule has 1 aliphatic heterocycles. The predicted molar refractivity (Wildman–Crippen MR) is 142 cm³/mol. The molecule has 1 amide bonds. The SMILES string of the molecule is O=C(CCc1c(-c2ccc(F)cc2)[nH]c2ccccc12)N1CCCN(c2nc3ccccc3[nH]2)CC1. The highest BCUT2D eigenvalue weighted by molar-refractivity contribution is 5.91. The number of hydrogen-bond acceptors (Lipinski definition) is 3. The minimum absolute atomic E-state index is 0.164. The number of nitrogens with one attached hydrogen (secondary N) is 2. The van der Waals surface area contributed by atoms with E-state index < -0.39 is 0 Å². The lowest BCUT2D eigenvalue weighted by molar-refractivity contribution is -0.130. The van der Waals surface area contributed by atoms with Crippen molar-refractivity contribution >= 4 is 33.8 Å². The van der Waals surface area contributed by atoms with Gasteiger partial charge in [0.15, 0.2) is 0 Å². The highest BCUT2D eigenvalue weighted by Gasteiger charge is 2.22. The van der Waals surface area contributed by atoms with Crippen LogP contribution in [0.3, 0.4) is 0 Å². The minimum atomic E-state index is -0.260. The summed E-state index contributed by atoms with van der Waals surface area (Å²) in [6.07, 6.45) is 1.96. The molecule has 182 valence electrons. The first kappa shape index (κ1) is 22.3. The summed E-state index contributed by atoms with van der Waals surface area (Å²) >= 11 is 0. The van der Waals surface area contributed by atoms with Gasteiger partial charge in [0.05, 0.1) is 11.0 Å². The summed E-state index contributed by atoms with van der Waals surface area (Å²) in [6.45, 7) is 3.03. The number of aromatic nitrogens is 3. The molecule has 0 aliphatic carbocycles. The minimum Gasteiger partial charge on any atom is -0.354 e. The second kappa shape index (κ2) is 9.49. The van der Waals surface area contributed by atoms with Crippen molar-refractivity contribution in [3.8, 4) is 11.3 Å². The lowest BCUT2D eigenvalue weighted by Gasteiger charge is -2.22. The molecular formula is C29H28FN5O. The number of fused-ring (bicyclic) bond motifs is 2. The number of nitrogens with zero attached hydrogens (tertiary/aromatic N) is 3. The van der Waals surface area contributed by atoms with Crippen molar-refractivity contribution in [3.63, 3.8) is 0 Å². The molecule has 0 spiro atoms. The first-order valence-electron chi connectivity index (χ1n) is 12.5. The summed E-state index contributed by atoms with van der Waals surface area (Å²) in [6, 6.07) is 22.7. The van der Waals surface area contributed by atoms with E-state index in [2.05, 4.69) is 20.9 Å². The van der Waals surface area contributed by atoms with Gasteiger partial charge in [0.2, 0.25) is 11.9 Å². The normalized spacial score (nSPS) is 14.5. The van der Waals surface area contributed by atoms with Gasteiger partial charge in [-0.3, -0.25) is 4.79 Å². The van der Waals surface area contributed by atoms with Gasteiger partial charge in [-0.1, -0.05) is 30.3 Å². The molecule has 5 aromatic rings. The summed E-state index contributed by atoms with van der Waals surface area (Å²) in [5.41, 5.74) is 5.99. The largest absolute Gasteiger partial charge is 0.354 e. The summed E-state index contributed by atoms with van der Waals surface area (Å²) in [7, 11) is 0. The van der Waals surface area contributed by atoms with Crippen LogP contribution < -0.4 is 4.90 Å². The van der Waals surface area contributed by atoms with Crippen molar-refractivity contribution < 1.29 is 9.18 Å². The highest BCUT2D eigenvalue weighted by Crippen LogP contribution is 2.31. The Morgan fingerprint density at radius 2 is 1.64 bits per heavy atom. The molecular weight excluding hydrogens is 453 g/mol. The van der Waals surface area contributed by atoms with Crippen LogP contribution >= 0.6 is 0 Å². The molecule has 3 aromatic carbocycles. The number of carbonyl (C=O) groups is 1. The molecule has 6 rings (SSSR count). The zero-order valence-electron chi connectivity index (χ0n) is 20.0. The maximum Gasteiger partial charge on any atom is 0.222 e. The maximum atomic E-state index is 13.5. The third kappa shape index (κ3) is 4.33. The van der Waals surface area contributed by atoms with Crippen LogP contribution in [-0.2, 0) is 11.2 Å². The lowest BCUT2D eigenvalue weighted by Crippen LogP contribution is -2.35. The molecule has 0 saturated carbocycles. The van der Waals surface area contributed by atoms with Gasteiger partial charge in [0.25, 0.3) is 0 Å². The molecule has 2 N–H and O–H groups in total. The molecule has 7 heteroatoms. The zero-order valence-corrected chi connectivity index (χ0v) is 20.0. The summed E-state index contributed by atoms with van der Waals surface area (Å²) in [5.74, 6) is 0.773. The average molecular weight is 482 g/mol. The van der Waals surface area contributed by atoms with E-state index in [9.17, 15) is 9.18 Å². The Morgan fingerprint density at radius 3 is 2.47 bits per heavy atom. The Kier molecular flexibility index (Phi) is 5.89. The summed E-state index contributed by atoms with van der Waals surface area (Å²) in [4.78, 5) is 29.1. The molecule has 3 heterocycles. The quantitative estimate of drug-likeness (QED) is 0.347. The van der Waals surface area contributed by atoms with Crippen LogP contribution in [0.25, 0.3) is 33.2 Å². The van der Waals surface area contributed by atoms with E-state index in [4.69, 9.17) is 4.98 Å². The number of aromatic amines is 2. The van der Waals surface area contributed by atoms with Crippen LogP contribution in [0.4, 0.5) is 10.3 Å². The molecule has 1 saturated heterocycles. The van der Waals surface area contributed by atoms with Crippen molar-refractivity contribution in [1.82, 2.24) is 19.9 Å². The molecule has 2 aromatic heterocycles. The van der Waals surface area contributed by atoms with E-state index in [0.717, 1.165) is 70.8 Å². The fourth-order valence-electron chi connectivity index (χ4n) is 5.18. The van der Waals surface area contributed by atoms with E-state index in [1.807, 2.05) is 47.4 Å². The standard InChI is InChI=1S/C29H28FN5O/c30-21-12-10-20(11-13-21)28-23(22-6-1-2-7-24(22)31-28)14-15-27(36)34-16-5-17-35(19-18-34)29-32-25-8-3-4-9-26(25)33-29/h1-4,6-13,31H,5,14-19H2,(H,32,33). The maximum absolute atomic E-state index is 13.5. The smallest absolute Gasteiger partial charge is 0.222 e. The highest BCUT2D eigenvalue weighted by atomic mass is 19.1. The van der Waals surface area contributed by atoms with Gasteiger partial charge >= 0.3 is 0 Å². The number of rotatable bonds is 5. The molecule has 6 nitrogen and oxygen atoms in total. The van der Waals surface area contributed by atoms with Crippen LogP contribution in [0.5, 0.6) is 0 Å². The zero-order chi connectivity index (χ0) is 24.5. The third-order valence-electron chi connectivity index (χ3n) is 7.06. The number of carbonyl (C=O) groups excluding carboxylic acids is 1. The van der Waals surface area contributed by atoms with E-state index in [0.29, 0.717) is 19.4 Å². The average Bonchev–Trinajstić information content (AvgIpc) is 3.40. The summed E-state index contributed by atoms with van der Waals surface area (Å²) in [5, 5.41) is 1.11.